The Kier molecular flexibility index (Phi) is 4.57. The molecule has 1 aromatic carbocycles. The fourth-order valence-electron chi connectivity index (χ4n) is 3.31. The number of carbonyl (C=O) groups is 1. The Morgan fingerprint density at radius 3 is 2.56 bits per heavy atom. The van der Waals surface area contributed by atoms with Crippen molar-refractivity contribution in [3.63, 3.8) is 0 Å². The monoisotopic (exact) mass is 341 g/mol. The van der Waals surface area contributed by atoms with Crippen LogP contribution in [0.3, 0.4) is 0 Å². The molecule has 1 aliphatic heterocycles. The van der Waals surface area contributed by atoms with E-state index < -0.39 is 0 Å². The van der Waals surface area contributed by atoms with Crippen LogP contribution in [0.5, 0.6) is 0 Å². The standard InChI is InChI=1S/C20H23NO4/c1-13(14-9-11-23-12-10-14)24-20(22)17-18(15-7-8-15)25-19(21-17)16-5-3-2-4-6-16/h2-6,13-15H,7-12H2,1H3/t13-/m1/s1. The number of nitrogens with zero attached hydrogens (tertiary/aromatic N) is 1. The highest BCUT2D eigenvalue weighted by Gasteiger charge is 2.35. The van der Waals surface area contributed by atoms with E-state index in [1.54, 1.807) is 0 Å². The Morgan fingerprint density at radius 1 is 1.16 bits per heavy atom. The minimum atomic E-state index is -0.369. The van der Waals surface area contributed by atoms with Crippen LogP contribution in [0.2, 0.25) is 0 Å². The lowest BCUT2D eigenvalue weighted by Crippen LogP contribution is -2.29. The van der Waals surface area contributed by atoms with Crippen LogP contribution in [-0.2, 0) is 9.47 Å². The third kappa shape index (κ3) is 3.61. The van der Waals surface area contributed by atoms with E-state index in [0.29, 0.717) is 29.2 Å². The quantitative estimate of drug-likeness (QED) is 0.763. The Bertz CT molecular complexity index is 729. The van der Waals surface area contributed by atoms with Gasteiger partial charge in [0.05, 0.1) is 0 Å². The summed E-state index contributed by atoms with van der Waals surface area (Å²) in [5.74, 6) is 1.46. The van der Waals surface area contributed by atoms with E-state index in [2.05, 4.69) is 4.98 Å². The summed E-state index contributed by atoms with van der Waals surface area (Å²) in [5.41, 5.74) is 1.22. The fraction of sp³-hybridized carbons (Fsp3) is 0.500. The highest BCUT2D eigenvalue weighted by Crippen LogP contribution is 2.43. The zero-order chi connectivity index (χ0) is 17.2. The number of rotatable bonds is 5. The summed E-state index contributed by atoms with van der Waals surface area (Å²) in [5, 5.41) is 0. The van der Waals surface area contributed by atoms with E-state index in [1.807, 2.05) is 37.3 Å². The van der Waals surface area contributed by atoms with E-state index in [9.17, 15) is 4.79 Å². The van der Waals surface area contributed by atoms with Crippen molar-refractivity contribution in [1.82, 2.24) is 4.98 Å². The molecule has 1 aromatic heterocycles. The van der Waals surface area contributed by atoms with Gasteiger partial charge in [-0.1, -0.05) is 18.2 Å². The molecule has 1 atom stereocenters. The Hall–Kier alpha value is -2.14. The highest BCUT2D eigenvalue weighted by atomic mass is 16.5. The zero-order valence-electron chi connectivity index (χ0n) is 14.4. The molecule has 0 bridgehead atoms. The topological polar surface area (TPSA) is 61.6 Å². The number of hydrogen-bond donors (Lipinski definition) is 0. The molecule has 0 N–H and O–H groups in total. The molecule has 1 saturated carbocycles. The summed E-state index contributed by atoms with van der Waals surface area (Å²) in [7, 11) is 0. The first kappa shape index (κ1) is 16.3. The highest BCUT2D eigenvalue weighted by molar-refractivity contribution is 5.89. The van der Waals surface area contributed by atoms with Crippen molar-refractivity contribution >= 4 is 5.97 Å². The summed E-state index contributed by atoms with van der Waals surface area (Å²) >= 11 is 0. The Labute approximate surface area is 147 Å². The lowest BCUT2D eigenvalue weighted by molar-refractivity contribution is -0.0123. The first-order chi connectivity index (χ1) is 12.2. The molecule has 0 spiro atoms. The maximum Gasteiger partial charge on any atom is 0.360 e. The van der Waals surface area contributed by atoms with E-state index in [-0.39, 0.29) is 12.1 Å². The second-order valence-electron chi connectivity index (χ2n) is 6.93. The second kappa shape index (κ2) is 7.00. The third-order valence-corrected chi connectivity index (χ3v) is 5.04. The van der Waals surface area contributed by atoms with Gasteiger partial charge in [0.25, 0.3) is 0 Å². The SMILES string of the molecule is C[C@@H](OC(=O)c1nc(-c2ccccc2)oc1C1CC1)C1CCOCC1. The number of benzene rings is 1. The zero-order valence-corrected chi connectivity index (χ0v) is 14.4. The lowest BCUT2D eigenvalue weighted by atomic mass is 9.95. The first-order valence-electron chi connectivity index (χ1n) is 9.07. The van der Waals surface area contributed by atoms with Crippen LogP contribution in [0, 0.1) is 5.92 Å². The van der Waals surface area contributed by atoms with Crippen molar-refractivity contribution in [2.45, 2.75) is 44.6 Å². The predicted molar refractivity (Wildman–Crippen MR) is 92.3 cm³/mol. The van der Waals surface area contributed by atoms with Crippen LogP contribution in [0.4, 0.5) is 0 Å². The van der Waals surface area contributed by atoms with Crippen LogP contribution in [-0.4, -0.2) is 30.3 Å². The smallest absolute Gasteiger partial charge is 0.360 e. The molecule has 5 heteroatoms. The van der Waals surface area contributed by atoms with E-state index in [1.165, 1.54) is 0 Å². The first-order valence-corrected chi connectivity index (χ1v) is 9.07. The molecule has 4 rings (SSSR count). The minimum absolute atomic E-state index is 0.139. The van der Waals surface area contributed by atoms with Gasteiger partial charge in [-0.3, -0.25) is 0 Å². The number of oxazole rings is 1. The molecule has 132 valence electrons. The summed E-state index contributed by atoms with van der Waals surface area (Å²) in [6, 6.07) is 9.67. The van der Waals surface area contributed by atoms with Crippen molar-refractivity contribution in [3.8, 4) is 11.5 Å². The molecular weight excluding hydrogens is 318 g/mol. The normalized spacial score (nSPS) is 19.6. The number of aromatic nitrogens is 1. The maximum absolute atomic E-state index is 12.7. The Morgan fingerprint density at radius 2 is 1.88 bits per heavy atom. The van der Waals surface area contributed by atoms with E-state index in [0.717, 1.165) is 44.5 Å². The van der Waals surface area contributed by atoms with Crippen LogP contribution in [0.1, 0.15) is 54.8 Å². The van der Waals surface area contributed by atoms with E-state index in [4.69, 9.17) is 13.9 Å². The van der Waals surface area contributed by atoms with Crippen LogP contribution < -0.4 is 0 Å². The average molecular weight is 341 g/mol. The van der Waals surface area contributed by atoms with Gasteiger partial charge in [0.15, 0.2) is 5.69 Å². The third-order valence-electron chi connectivity index (χ3n) is 5.04. The molecule has 0 unspecified atom stereocenters. The molecule has 2 fully saturated rings. The van der Waals surface area contributed by atoms with Crippen molar-refractivity contribution in [3.05, 3.63) is 41.8 Å². The molecule has 2 heterocycles. The summed E-state index contributed by atoms with van der Waals surface area (Å²) in [4.78, 5) is 17.2. The molecule has 1 saturated heterocycles. The van der Waals surface area contributed by atoms with Gasteiger partial charge in [0.2, 0.25) is 5.89 Å². The molecule has 2 aromatic rings. The maximum atomic E-state index is 12.7. The molecule has 0 amide bonds. The van der Waals surface area contributed by atoms with Gasteiger partial charge in [-0.05, 0) is 44.7 Å². The van der Waals surface area contributed by atoms with E-state index >= 15 is 0 Å². The molecule has 1 aliphatic carbocycles. The van der Waals surface area contributed by atoms with Crippen molar-refractivity contribution in [2.24, 2.45) is 5.92 Å². The van der Waals surface area contributed by atoms with Crippen LogP contribution in [0.25, 0.3) is 11.5 Å². The largest absolute Gasteiger partial charge is 0.458 e. The van der Waals surface area contributed by atoms with Crippen molar-refractivity contribution in [1.29, 1.82) is 0 Å². The fourth-order valence-corrected chi connectivity index (χ4v) is 3.31. The van der Waals surface area contributed by atoms with Gasteiger partial charge in [0, 0.05) is 30.6 Å². The number of ether oxygens (including phenoxy) is 2. The van der Waals surface area contributed by atoms with Gasteiger partial charge >= 0.3 is 5.97 Å². The average Bonchev–Trinajstić information content (AvgIpc) is 3.41. The number of hydrogen-bond acceptors (Lipinski definition) is 5. The molecule has 5 nitrogen and oxygen atoms in total. The van der Waals surface area contributed by atoms with Gasteiger partial charge in [0.1, 0.15) is 11.9 Å². The van der Waals surface area contributed by atoms with Crippen molar-refractivity contribution in [2.75, 3.05) is 13.2 Å². The molecule has 25 heavy (non-hydrogen) atoms. The molecule has 2 aliphatic rings. The van der Waals surface area contributed by atoms with Crippen LogP contribution >= 0.6 is 0 Å². The van der Waals surface area contributed by atoms with Crippen LogP contribution in [0.15, 0.2) is 34.7 Å². The predicted octanol–water partition coefficient (Wildman–Crippen LogP) is 4.19. The lowest BCUT2D eigenvalue weighted by Gasteiger charge is -2.27. The Balaban J connectivity index is 1.54. The van der Waals surface area contributed by atoms with Gasteiger partial charge in [-0.15, -0.1) is 0 Å². The van der Waals surface area contributed by atoms with Gasteiger partial charge in [-0.25, -0.2) is 9.78 Å². The molecule has 0 radical (unpaired) electrons. The number of esters is 1. The van der Waals surface area contributed by atoms with Gasteiger partial charge in [-0.2, -0.15) is 0 Å². The summed E-state index contributed by atoms with van der Waals surface area (Å²) in [6.07, 6.45) is 3.80. The minimum Gasteiger partial charge on any atom is -0.458 e. The summed E-state index contributed by atoms with van der Waals surface area (Å²) in [6.45, 7) is 3.44. The number of carbonyl (C=O) groups excluding carboxylic acids is 1. The second-order valence-corrected chi connectivity index (χ2v) is 6.93. The molecular formula is C20H23NO4. The van der Waals surface area contributed by atoms with Crippen molar-refractivity contribution < 1.29 is 18.7 Å². The van der Waals surface area contributed by atoms with Gasteiger partial charge < -0.3 is 13.9 Å². The summed E-state index contributed by atoms with van der Waals surface area (Å²) < 4.78 is 17.1.